The van der Waals surface area contributed by atoms with E-state index in [4.69, 9.17) is 0 Å². The van der Waals surface area contributed by atoms with Gasteiger partial charge in [-0.25, -0.2) is 12.7 Å². The highest BCUT2D eigenvalue weighted by Gasteiger charge is 2.40. The van der Waals surface area contributed by atoms with Gasteiger partial charge in [0.2, 0.25) is 10.0 Å². The lowest BCUT2D eigenvalue weighted by atomic mass is 10.0. The molecule has 3 rings (SSSR count). The lowest BCUT2D eigenvalue weighted by molar-refractivity contribution is 0.447. The smallest absolute Gasteiger partial charge is 0.218 e. The van der Waals surface area contributed by atoms with Crippen LogP contribution in [0.1, 0.15) is 5.56 Å². The molecule has 18 heavy (non-hydrogen) atoms. The Morgan fingerprint density at radius 3 is 2.33 bits per heavy atom. The van der Waals surface area contributed by atoms with Crippen LogP contribution in [0.3, 0.4) is 0 Å². The van der Waals surface area contributed by atoms with Gasteiger partial charge in [0.15, 0.2) is 0 Å². The molecule has 2 aliphatic rings. The summed E-state index contributed by atoms with van der Waals surface area (Å²) in [6, 6.07) is 9.41. The SMILES string of the molecule is O=S(=O)(Cc1ccccc1)N1CC2CNCC2C1. The molecule has 5 heteroatoms. The molecule has 2 atom stereocenters. The predicted molar refractivity (Wildman–Crippen MR) is 70.5 cm³/mol. The fourth-order valence-corrected chi connectivity index (χ4v) is 4.55. The third-order valence-electron chi connectivity index (χ3n) is 3.94. The molecule has 98 valence electrons. The molecule has 2 saturated heterocycles. The maximum absolute atomic E-state index is 12.3. The summed E-state index contributed by atoms with van der Waals surface area (Å²) in [5, 5.41) is 3.32. The molecule has 0 amide bonds. The Morgan fingerprint density at radius 2 is 1.72 bits per heavy atom. The molecule has 0 spiro atoms. The molecule has 1 aromatic rings. The Labute approximate surface area is 108 Å². The van der Waals surface area contributed by atoms with Gasteiger partial charge in [0, 0.05) is 13.1 Å². The predicted octanol–water partition coefficient (Wildman–Crippen LogP) is 0.668. The van der Waals surface area contributed by atoms with Crippen molar-refractivity contribution < 1.29 is 8.42 Å². The summed E-state index contributed by atoms with van der Waals surface area (Å²) in [6.07, 6.45) is 0. The summed E-state index contributed by atoms with van der Waals surface area (Å²) in [5.41, 5.74) is 0.868. The summed E-state index contributed by atoms with van der Waals surface area (Å²) >= 11 is 0. The van der Waals surface area contributed by atoms with Crippen molar-refractivity contribution in [3.63, 3.8) is 0 Å². The van der Waals surface area contributed by atoms with Crippen molar-refractivity contribution in [3.05, 3.63) is 35.9 Å². The van der Waals surface area contributed by atoms with Gasteiger partial charge in [0.1, 0.15) is 0 Å². The molecule has 2 aliphatic heterocycles. The second-order valence-corrected chi connectivity index (χ2v) is 7.21. The number of nitrogens with one attached hydrogen (secondary N) is 1. The van der Waals surface area contributed by atoms with Crippen LogP contribution in [0.15, 0.2) is 30.3 Å². The largest absolute Gasteiger partial charge is 0.316 e. The number of hydrogen-bond donors (Lipinski definition) is 1. The van der Waals surface area contributed by atoms with E-state index in [9.17, 15) is 8.42 Å². The Hall–Kier alpha value is -0.910. The first kappa shape index (κ1) is 12.1. The van der Waals surface area contributed by atoms with Gasteiger partial charge >= 0.3 is 0 Å². The topological polar surface area (TPSA) is 49.4 Å². The lowest BCUT2D eigenvalue weighted by Crippen LogP contribution is -2.32. The third kappa shape index (κ3) is 2.30. The normalized spacial score (nSPS) is 28.4. The molecule has 2 heterocycles. The van der Waals surface area contributed by atoms with Crippen molar-refractivity contribution in [2.45, 2.75) is 5.75 Å². The van der Waals surface area contributed by atoms with E-state index >= 15 is 0 Å². The highest BCUT2D eigenvalue weighted by atomic mass is 32.2. The second kappa shape index (κ2) is 4.64. The third-order valence-corrected chi connectivity index (χ3v) is 5.72. The molecule has 0 radical (unpaired) electrons. The van der Waals surface area contributed by atoms with Gasteiger partial charge in [-0.15, -0.1) is 0 Å². The monoisotopic (exact) mass is 266 g/mol. The average molecular weight is 266 g/mol. The van der Waals surface area contributed by atoms with Crippen LogP contribution in [-0.2, 0) is 15.8 Å². The highest BCUT2D eigenvalue weighted by molar-refractivity contribution is 7.88. The number of sulfonamides is 1. The van der Waals surface area contributed by atoms with E-state index in [0.29, 0.717) is 24.9 Å². The fourth-order valence-electron chi connectivity index (χ4n) is 2.92. The van der Waals surface area contributed by atoms with Gasteiger partial charge in [-0.2, -0.15) is 0 Å². The van der Waals surface area contributed by atoms with E-state index in [2.05, 4.69) is 5.32 Å². The van der Waals surface area contributed by atoms with E-state index < -0.39 is 10.0 Å². The van der Waals surface area contributed by atoms with Crippen LogP contribution in [0.5, 0.6) is 0 Å². The van der Waals surface area contributed by atoms with E-state index in [1.165, 1.54) is 0 Å². The zero-order valence-corrected chi connectivity index (χ0v) is 11.1. The molecule has 4 nitrogen and oxygen atoms in total. The molecule has 0 saturated carbocycles. The maximum atomic E-state index is 12.3. The average Bonchev–Trinajstić information content (AvgIpc) is 2.89. The van der Waals surface area contributed by atoms with Gasteiger partial charge < -0.3 is 5.32 Å². The standard InChI is InChI=1S/C13H18N2O2S/c16-18(17,10-11-4-2-1-3-5-11)15-8-12-6-14-7-13(12)9-15/h1-5,12-14H,6-10H2. The van der Waals surface area contributed by atoms with Crippen LogP contribution in [0.25, 0.3) is 0 Å². The van der Waals surface area contributed by atoms with Crippen LogP contribution < -0.4 is 5.32 Å². The van der Waals surface area contributed by atoms with Gasteiger partial charge in [-0.3, -0.25) is 0 Å². The maximum Gasteiger partial charge on any atom is 0.218 e. The van der Waals surface area contributed by atoms with Crippen LogP contribution in [-0.4, -0.2) is 38.9 Å². The first-order chi connectivity index (χ1) is 8.65. The van der Waals surface area contributed by atoms with E-state index in [0.717, 1.165) is 18.7 Å². The lowest BCUT2D eigenvalue weighted by Gasteiger charge is -2.17. The molecule has 2 fully saturated rings. The molecule has 0 aromatic heterocycles. The first-order valence-electron chi connectivity index (χ1n) is 6.37. The second-order valence-electron chi connectivity index (χ2n) is 5.24. The van der Waals surface area contributed by atoms with Gasteiger partial charge in [-0.1, -0.05) is 30.3 Å². The van der Waals surface area contributed by atoms with Gasteiger partial charge in [0.25, 0.3) is 0 Å². The molecular weight excluding hydrogens is 248 g/mol. The Balaban J connectivity index is 1.72. The summed E-state index contributed by atoms with van der Waals surface area (Å²) in [6.45, 7) is 3.30. The zero-order chi connectivity index (χ0) is 12.6. The Morgan fingerprint density at radius 1 is 1.11 bits per heavy atom. The summed E-state index contributed by atoms with van der Waals surface area (Å²) in [4.78, 5) is 0. The molecule has 1 aromatic carbocycles. The number of benzene rings is 1. The summed E-state index contributed by atoms with van der Waals surface area (Å²) < 4.78 is 26.4. The van der Waals surface area contributed by atoms with Crippen LogP contribution >= 0.6 is 0 Å². The molecular formula is C13H18N2O2S. The van der Waals surface area contributed by atoms with Crippen molar-refractivity contribution in [2.75, 3.05) is 26.2 Å². The Kier molecular flexibility index (Phi) is 3.13. The molecule has 2 unspecified atom stereocenters. The number of rotatable bonds is 3. The highest BCUT2D eigenvalue weighted by Crippen LogP contribution is 2.29. The van der Waals surface area contributed by atoms with Crippen molar-refractivity contribution in [1.82, 2.24) is 9.62 Å². The minimum absolute atomic E-state index is 0.126. The van der Waals surface area contributed by atoms with Gasteiger partial charge in [0.05, 0.1) is 5.75 Å². The van der Waals surface area contributed by atoms with Crippen molar-refractivity contribution >= 4 is 10.0 Å². The van der Waals surface area contributed by atoms with Crippen LogP contribution in [0.2, 0.25) is 0 Å². The number of fused-ring (bicyclic) bond motifs is 1. The van der Waals surface area contributed by atoms with Crippen molar-refractivity contribution in [2.24, 2.45) is 11.8 Å². The zero-order valence-electron chi connectivity index (χ0n) is 10.2. The Bertz CT molecular complexity index is 503. The fraction of sp³-hybridized carbons (Fsp3) is 0.538. The van der Waals surface area contributed by atoms with Gasteiger partial charge in [-0.05, 0) is 30.5 Å². The van der Waals surface area contributed by atoms with Crippen molar-refractivity contribution in [3.8, 4) is 0 Å². The summed E-state index contributed by atoms with van der Waals surface area (Å²) in [7, 11) is -3.15. The summed E-state index contributed by atoms with van der Waals surface area (Å²) in [5.74, 6) is 1.15. The molecule has 1 N–H and O–H groups in total. The molecule has 0 bridgehead atoms. The van der Waals surface area contributed by atoms with E-state index in [1.54, 1.807) is 4.31 Å². The van der Waals surface area contributed by atoms with E-state index in [-0.39, 0.29) is 5.75 Å². The number of hydrogen-bond acceptors (Lipinski definition) is 3. The number of nitrogens with zero attached hydrogens (tertiary/aromatic N) is 1. The minimum Gasteiger partial charge on any atom is -0.316 e. The van der Waals surface area contributed by atoms with Crippen molar-refractivity contribution in [1.29, 1.82) is 0 Å². The minimum atomic E-state index is -3.15. The van der Waals surface area contributed by atoms with E-state index in [1.807, 2.05) is 30.3 Å². The molecule has 0 aliphatic carbocycles. The van der Waals surface area contributed by atoms with Crippen LogP contribution in [0.4, 0.5) is 0 Å². The first-order valence-corrected chi connectivity index (χ1v) is 7.98. The quantitative estimate of drug-likeness (QED) is 0.875. The van der Waals surface area contributed by atoms with Crippen LogP contribution in [0, 0.1) is 11.8 Å².